The van der Waals surface area contributed by atoms with Gasteiger partial charge in [0.05, 0.1) is 5.69 Å². The molecule has 25 heavy (non-hydrogen) atoms. The fourth-order valence-corrected chi connectivity index (χ4v) is 4.05. The lowest BCUT2D eigenvalue weighted by molar-refractivity contribution is -0.122. The Morgan fingerprint density at radius 3 is 2.56 bits per heavy atom. The zero-order valence-corrected chi connectivity index (χ0v) is 15.5. The minimum absolute atomic E-state index is 0.0127. The van der Waals surface area contributed by atoms with Crippen LogP contribution in [-0.2, 0) is 11.2 Å². The van der Waals surface area contributed by atoms with Gasteiger partial charge in [-0.1, -0.05) is 0 Å². The Balaban J connectivity index is 1.53. The Kier molecular flexibility index (Phi) is 5.89. The number of nitrogens with two attached hydrogens (primary N) is 1. The van der Waals surface area contributed by atoms with Crippen molar-refractivity contribution in [3.05, 3.63) is 17.8 Å². The summed E-state index contributed by atoms with van der Waals surface area (Å²) in [6, 6.07) is 4.83. The first-order valence-corrected chi connectivity index (χ1v) is 9.64. The fraction of sp³-hybridized carbons (Fsp3) is 0.737. The molecule has 1 amide bonds. The van der Waals surface area contributed by atoms with Crippen molar-refractivity contribution in [2.75, 3.05) is 31.1 Å². The van der Waals surface area contributed by atoms with Gasteiger partial charge in [-0.2, -0.15) is 5.10 Å². The summed E-state index contributed by atoms with van der Waals surface area (Å²) in [6.45, 7) is 8.60. The van der Waals surface area contributed by atoms with Crippen molar-refractivity contribution in [2.24, 2.45) is 17.6 Å². The van der Waals surface area contributed by atoms with Crippen molar-refractivity contribution < 1.29 is 4.79 Å². The first-order valence-electron chi connectivity index (χ1n) is 9.64. The average Bonchev–Trinajstić information content (AvgIpc) is 2.63. The topological polar surface area (TPSA) is 75.3 Å². The van der Waals surface area contributed by atoms with E-state index in [1.54, 1.807) is 0 Å². The van der Waals surface area contributed by atoms with Crippen LogP contribution in [0.15, 0.2) is 12.1 Å². The van der Waals surface area contributed by atoms with Crippen molar-refractivity contribution in [2.45, 2.75) is 52.0 Å². The summed E-state index contributed by atoms with van der Waals surface area (Å²) < 4.78 is 0. The number of rotatable bonds is 5. The molecule has 2 N–H and O–H groups in total. The predicted molar refractivity (Wildman–Crippen MR) is 99.3 cm³/mol. The first-order chi connectivity index (χ1) is 12.0. The molecule has 1 aromatic heterocycles. The number of amides is 1. The van der Waals surface area contributed by atoms with Crippen molar-refractivity contribution >= 4 is 11.7 Å². The summed E-state index contributed by atoms with van der Waals surface area (Å²) in [5.74, 6) is 1.43. The van der Waals surface area contributed by atoms with E-state index in [1.165, 1.54) is 25.9 Å². The number of anilines is 1. The van der Waals surface area contributed by atoms with Gasteiger partial charge < -0.3 is 15.5 Å². The third kappa shape index (κ3) is 4.69. The zero-order valence-electron chi connectivity index (χ0n) is 15.5. The quantitative estimate of drug-likeness (QED) is 0.881. The molecule has 0 unspecified atom stereocenters. The summed E-state index contributed by atoms with van der Waals surface area (Å²) in [6.07, 6.45) is 5.20. The third-order valence-electron chi connectivity index (χ3n) is 5.71. The minimum Gasteiger partial charge on any atom is -0.369 e. The van der Waals surface area contributed by atoms with E-state index in [-0.39, 0.29) is 11.8 Å². The lowest BCUT2D eigenvalue weighted by atomic mass is 9.92. The van der Waals surface area contributed by atoms with E-state index in [1.807, 2.05) is 0 Å². The van der Waals surface area contributed by atoms with Crippen LogP contribution in [0.3, 0.4) is 0 Å². The molecule has 2 aliphatic rings. The highest BCUT2D eigenvalue weighted by molar-refractivity contribution is 5.76. The Hall–Kier alpha value is -1.69. The Bertz CT molecular complexity index is 566. The molecule has 0 spiro atoms. The van der Waals surface area contributed by atoms with Crippen LogP contribution in [0.5, 0.6) is 0 Å². The molecule has 2 aliphatic heterocycles. The number of hydrogen-bond acceptors (Lipinski definition) is 5. The number of carbonyl (C=O) groups excluding carboxylic acids is 1. The normalized spacial score (nSPS) is 23.2. The highest BCUT2D eigenvalue weighted by Gasteiger charge is 2.25. The standard InChI is InChI=1S/C19H31N5O/c1-14(2)24-9-3-4-15(13-24)12-17-5-6-18(22-21-17)23-10-7-16(8-11-23)19(20)25/h5-6,14-16H,3-4,7-13H2,1-2H3,(H2,20,25)/t15-/m0/s1. The van der Waals surface area contributed by atoms with Crippen LogP contribution in [0, 0.1) is 11.8 Å². The van der Waals surface area contributed by atoms with E-state index >= 15 is 0 Å². The van der Waals surface area contributed by atoms with Crippen LogP contribution in [0.4, 0.5) is 5.82 Å². The molecule has 138 valence electrons. The van der Waals surface area contributed by atoms with Gasteiger partial charge in [-0.05, 0) is 70.5 Å². The molecular weight excluding hydrogens is 314 g/mol. The molecule has 0 aliphatic carbocycles. The van der Waals surface area contributed by atoms with E-state index < -0.39 is 0 Å². The second-order valence-corrected chi connectivity index (χ2v) is 7.85. The highest BCUT2D eigenvalue weighted by Crippen LogP contribution is 2.23. The SMILES string of the molecule is CC(C)N1CCC[C@@H](Cc2ccc(N3CCC(C(N)=O)CC3)nn2)C1. The lowest BCUT2D eigenvalue weighted by Gasteiger charge is -2.35. The van der Waals surface area contributed by atoms with Gasteiger partial charge in [0.1, 0.15) is 0 Å². The lowest BCUT2D eigenvalue weighted by Crippen LogP contribution is -2.40. The van der Waals surface area contributed by atoms with Gasteiger partial charge >= 0.3 is 0 Å². The van der Waals surface area contributed by atoms with Gasteiger partial charge in [0.15, 0.2) is 5.82 Å². The van der Waals surface area contributed by atoms with Gasteiger partial charge in [-0.15, -0.1) is 5.10 Å². The smallest absolute Gasteiger partial charge is 0.220 e. The van der Waals surface area contributed by atoms with Gasteiger partial charge in [0, 0.05) is 31.6 Å². The summed E-state index contributed by atoms with van der Waals surface area (Å²) in [7, 11) is 0. The molecule has 1 atom stereocenters. The maximum atomic E-state index is 11.3. The molecule has 6 heteroatoms. The number of hydrogen-bond donors (Lipinski definition) is 1. The van der Waals surface area contributed by atoms with Crippen LogP contribution in [-0.4, -0.2) is 53.2 Å². The van der Waals surface area contributed by atoms with Crippen molar-refractivity contribution in [1.29, 1.82) is 0 Å². The van der Waals surface area contributed by atoms with Crippen molar-refractivity contribution in [3.63, 3.8) is 0 Å². The molecule has 6 nitrogen and oxygen atoms in total. The Morgan fingerprint density at radius 2 is 1.96 bits per heavy atom. The molecule has 0 aromatic carbocycles. The van der Waals surface area contributed by atoms with Gasteiger partial charge in [-0.25, -0.2) is 0 Å². The number of piperidine rings is 2. The van der Waals surface area contributed by atoms with Crippen LogP contribution in [0.2, 0.25) is 0 Å². The largest absolute Gasteiger partial charge is 0.369 e. The van der Waals surface area contributed by atoms with Crippen LogP contribution >= 0.6 is 0 Å². The molecule has 0 bridgehead atoms. The van der Waals surface area contributed by atoms with E-state index in [4.69, 9.17) is 5.73 Å². The predicted octanol–water partition coefficient (Wildman–Crippen LogP) is 1.84. The number of aromatic nitrogens is 2. The molecule has 0 saturated carbocycles. The maximum Gasteiger partial charge on any atom is 0.220 e. The number of carbonyl (C=O) groups is 1. The first kappa shape index (κ1) is 18.1. The summed E-state index contributed by atoms with van der Waals surface area (Å²) in [5, 5.41) is 8.91. The van der Waals surface area contributed by atoms with Crippen LogP contribution < -0.4 is 10.6 Å². The van der Waals surface area contributed by atoms with Crippen LogP contribution in [0.25, 0.3) is 0 Å². The van der Waals surface area contributed by atoms with Crippen molar-refractivity contribution in [3.8, 4) is 0 Å². The van der Waals surface area contributed by atoms with E-state index in [2.05, 4.69) is 46.0 Å². The second-order valence-electron chi connectivity index (χ2n) is 7.85. The molecule has 2 saturated heterocycles. The fourth-order valence-electron chi connectivity index (χ4n) is 4.05. The minimum atomic E-state index is -0.177. The summed E-state index contributed by atoms with van der Waals surface area (Å²) >= 11 is 0. The second kappa shape index (κ2) is 8.13. The monoisotopic (exact) mass is 345 g/mol. The number of primary amides is 1. The highest BCUT2D eigenvalue weighted by atomic mass is 16.1. The maximum absolute atomic E-state index is 11.3. The molecule has 2 fully saturated rings. The Morgan fingerprint density at radius 1 is 1.20 bits per heavy atom. The van der Waals surface area contributed by atoms with E-state index in [0.717, 1.165) is 43.9 Å². The van der Waals surface area contributed by atoms with Crippen molar-refractivity contribution in [1.82, 2.24) is 15.1 Å². The number of nitrogens with zero attached hydrogens (tertiary/aromatic N) is 4. The molecule has 1 aromatic rings. The van der Waals surface area contributed by atoms with Crippen LogP contribution in [0.1, 0.15) is 45.2 Å². The van der Waals surface area contributed by atoms with Gasteiger partial charge in [0.2, 0.25) is 5.91 Å². The molecular formula is C19H31N5O. The molecule has 3 rings (SSSR count). The van der Waals surface area contributed by atoms with Gasteiger partial charge in [0.25, 0.3) is 0 Å². The third-order valence-corrected chi connectivity index (χ3v) is 5.71. The summed E-state index contributed by atoms with van der Waals surface area (Å²) in [4.78, 5) is 16.0. The van der Waals surface area contributed by atoms with E-state index in [9.17, 15) is 4.79 Å². The Labute approximate surface area is 150 Å². The molecule has 0 radical (unpaired) electrons. The van der Waals surface area contributed by atoms with Gasteiger partial charge in [-0.3, -0.25) is 4.79 Å². The van der Waals surface area contributed by atoms with E-state index in [0.29, 0.717) is 12.0 Å². The average molecular weight is 345 g/mol. The number of likely N-dealkylation sites (tertiary alicyclic amines) is 1. The molecule has 3 heterocycles. The zero-order chi connectivity index (χ0) is 17.8. The summed E-state index contributed by atoms with van der Waals surface area (Å²) in [5.41, 5.74) is 6.49.